The molecule has 1 N–H and O–H groups in total. The Hall–Kier alpha value is -1.99. The second-order valence-corrected chi connectivity index (χ2v) is 2.98. The minimum absolute atomic E-state index is 0.111. The molecule has 0 aliphatic heterocycles. The largest absolute Gasteiger partial charge is 0.420 e. The van der Waals surface area contributed by atoms with Crippen molar-refractivity contribution in [2.75, 3.05) is 11.9 Å². The summed E-state index contributed by atoms with van der Waals surface area (Å²) in [6, 6.07) is 9.00. The van der Waals surface area contributed by atoms with E-state index in [1.807, 2.05) is 18.2 Å². The Morgan fingerprint density at radius 1 is 1.50 bits per heavy atom. The summed E-state index contributed by atoms with van der Waals surface area (Å²) in [5, 5.41) is 2.56. The maximum Gasteiger partial charge on any atom is 0.413 e. The fraction of sp³-hybridized carbons (Fsp3) is 0.250. The summed E-state index contributed by atoms with van der Waals surface area (Å²) in [6.07, 6.45) is 3.76. The van der Waals surface area contributed by atoms with Crippen molar-refractivity contribution < 1.29 is 14.3 Å². The van der Waals surface area contributed by atoms with E-state index in [0.29, 0.717) is 5.69 Å². The summed E-state index contributed by atoms with van der Waals surface area (Å²) < 4.78 is 9.87. The van der Waals surface area contributed by atoms with E-state index in [-0.39, 0.29) is 6.61 Å². The lowest BCUT2D eigenvalue weighted by molar-refractivity contribution is -0.0754. The molecule has 1 atom stereocenters. The molecule has 0 fully saturated rings. The molecule has 0 saturated heterocycles. The molecule has 4 heteroatoms. The molecule has 1 amide bonds. The average molecular weight is 219 g/mol. The summed E-state index contributed by atoms with van der Waals surface area (Å²) >= 11 is 0. The van der Waals surface area contributed by atoms with Crippen molar-refractivity contribution in [2.24, 2.45) is 0 Å². The second kappa shape index (κ2) is 6.49. The van der Waals surface area contributed by atoms with E-state index in [1.54, 1.807) is 19.1 Å². The van der Waals surface area contributed by atoms with Gasteiger partial charge in [0.25, 0.3) is 0 Å². The first-order chi connectivity index (χ1) is 7.72. The molecular formula is C12H13NO3. The van der Waals surface area contributed by atoms with Gasteiger partial charge >= 0.3 is 6.09 Å². The molecule has 0 aliphatic rings. The zero-order valence-corrected chi connectivity index (χ0v) is 8.97. The number of terminal acetylenes is 1. The fourth-order valence-electron chi connectivity index (χ4n) is 1.02. The number of rotatable bonds is 4. The Morgan fingerprint density at radius 3 is 2.81 bits per heavy atom. The molecule has 0 radical (unpaired) electrons. The molecule has 0 aromatic heterocycles. The highest BCUT2D eigenvalue weighted by Crippen LogP contribution is 2.06. The number of para-hydroxylation sites is 1. The van der Waals surface area contributed by atoms with Gasteiger partial charge in [0.2, 0.25) is 6.29 Å². The minimum atomic E-state index is -0.667. The molecule has 0 saturated carbocycles. The van der Waals surface area contributed by atoms with Crippen LogP contribution in [0.2, 0.25) is 0 Å². The van der Waals surface area contributed by atoms with E-state index in [2.05, 4.69) is 11.2 Å². The lowest BCUT2D eigenvalue weighted by atomic mass is 10.3. The average Bonchev–Trinajstić information content (AvgIpc) is 2.27. The van der Waals surface area contributed by atoms with Crippen molar-refractivity contribution in [1.82, 2.24) is 0 Å². The van der Waals surface area contributed by atoms with Crippen LogP contribution in [0, 0.1) is 12.3 Å². The van der Waals surface area contributed by atoms with Crippen molar-refractivity contribution in [3.8, 4) is 12.3 Å². The predicted octanol–water partition coefficient (Wildman–Crippen LogP) is 2.23. The Kier molecular flexibility index (Phi) is 4.90. The maximum absolute atomic E-state index is 11.3. The molecule has 0 aliphatic carbocycles. The van der Waals surface area contributed by atoms with Crippen LogP contribution in [0.4, 0.5) is 10.5 Å². The standard InChI is InChI=1S/C12H13NO3/c1-3-9-15-10(2)16-12(14)13-11-7-5-4-6-8-11/h1,4-8,10H,9H2,2H3,(H,13,14). The summed E-state index contributed by atoms with van der Waals surface area (Å²) in [5.74, 6) is 2.29. The highest BCUT2D eigenvalue weighted by Gasteiger charge is 2.08. The maximum atomic E-state index is 11.3. The lowest BCUT2D eigenvalue weighted by Gasteiger charge is -2.12. The number of nitrogens with one attached hydrogen (secondary N) is 1. The monoisotopic (exact) mass is 219 g/mol. The van der Waals surface area contributed by atoms with Gasteiger partial charge in [-0.15, -0.1) is 6.42 Å². The molecule has 16 heavy (non-hydrogen) atoms. The van der Waals surface area contributed by atoms with Crippen molar-refractivity contribution in [2.45, 2.75) is 13.2 Å². The molecule has 4 nitrogen and oxygen atoms in total. The zero-order valence-electron chi connectivity index (χ0n) is 8.97. The second-order valence-electron chi connectivity index (χ2n) is 2.98. The van der Waals surface area contributed by atoms with Gasteiger partial charge in [0.15, 0.2) is 0 Å². The third kappa shape index (κ3) is 4.49. The van der Waals surface area contributed by atoms with E-state index in [1.165, 1.54) is 0 Å². The van der Waals surface area contributed by atoms with Gasteiger partial charge in [-0.2, -0.15) is 0 Å². The van der Waals surface area contributed by atoms with Crippen LogP contribution in [0.3, 0.4) is 0 Å². The van der Waals surface area contributed by atoms with E-state index < -0.39 is 12.4 Å². The number of hydrogen-bond acceptors (Lipinski definition) is 3. The third-order valence-corrected chi connectivity index (χ3v) is 1.69. The van der Waals surface area contributed by atoms with Crippen LogP contribution < -0.4 is 5.32 Å². The van der Waals surface area contributed by atoms with E-state index >= 15 is 0 Å². The first kappa shape index (κ1) is 12.1. The number of ether oxygens (including phenoxy) is 2. The minimum Gasteiger partial charge on any atom is -0.420 e. The Labute approximate surface area is 94.6 Å². The van der Waals surface area contributed by atoms with Gasteiger partial charge < -0.3 is 9.47 Å². The van der Waals surface area contributed by atoms with Crippen molar-refractivity contribution >= 4 is 11.8 Å². The van der Waals surface area contributed by atoms with Gasteiger partial charge in [-0.25, -0.2) is 4.79 Å². The molecule has 0 bridgehead atoms. The molecule has 1 aromatic rings. The van der Waals surface area contributed by atoms with Crippen LogP contribution in [0.5, 0.6) is 0 Å². The molecule has 1 unspecified atom stereocenters. The van der Waals surface area contributed by atoms with E-state index in [4.69, 9.17) is 15.9 Å². The molecule has 1 aromatic carbocycles. The van der Waals surface area contributed by atoms with Crippen molar-refractivity contribution in [3.63, 3.8) is 0 Å². The van der Waals surface area contributed by atoms with Crippen LogP contribution in [-0.2, 0) is 9.47 Å². The van der Waals surface area contributed by atoms with Gasteiger partial charge in [-0.05, 0) is 19.1 Å². The highest BCUT2D eigenvalue weighted by atomic mass is 16.7. The lowest BCUT2D eigenvalue weighted by Crippen LogP contribution is -2.22. The quantitative estimate of drug-likeness (QED) is 0.624. The number of anilines is 1. The summed E-state index contributed by atoms with van der Waals surface area (Å²) in [6.45, 7) is 1.71. The van der Waals surface area contributed by atoms with E-state index in [9.17, 15) is 4.79 Å². The molecule has 0 heterocycles. The molecular weight excluding hydrogens is 206 g/mol. The normalized spacial score (nSPS) is 11.2. The smallest absolute Gasteiger partial charge is 0.413 e. The van der Waals surface area contributed by atoms with Crippen LogP contribution in [-0.4, -0.2) is 19.0 Å². The van der Waals surface area contributed by atoms with E-state index in [0.717, 1.165) is 0 Å². The first-order valence-electron chi connectivity index (χ1n) is 4.80. The molecule has 1 rings (SSSR count). The summed E-state index contributed by atoms with van der Waals surface area (Å²) in [5.41, 5.74) is 0.664. The van der Waals surface area contributed by atoms with Crippen LogP contribution in [0.1, 0.15) is 6.92 Å². The van der Waals surface area contributed by atoms with Crippen molar-refractivity contribution in [1.29, 1.82) is 0 Å². The van der Waals surface area contributed by atoms with Crippen molar-refractivity contribution in [3.05, 3.63) is 30.3 Å². The van der Waals surface area contributed by atoms with Crippen LogP contribution in [0.25, 0.3) is 0 Å². The molecule has 84 valence electrons. The van der Waals surface area contributed by atoms with Crippen LogP contribution in [0.15, 0.2) is 30.3 Å². The number of carbonyl (C=O) groups is 1. The predicted molar refractivity (Wildman–Crippen MR) is 60.8 cm³/mol. The summed E-state index contributed by atoms with van der Waals surface area (Å²) in [7, 11) is 0. The van der Waals surface area contributed by atoms with Crippen LogP contribution >= 0.6 is 0 Å². The van der Waals surface area contributed by atoms with Gasteiger partial charge in [0.1, 0.15) is 6.61 Å². The Morgan fingerprint density at radius 2 is 2.19 bits per heavy atom. The topological polar surface area (TPSA) is 47.6 Å². The summed E-state index contributed by atoms with van der Waals surface area (Å²) in [4.78, 5) is 11.3. The number of hydrogen-bond donors (Lipinski definition) is 1. The SMILES string of the molecule is C#CCOC(C)OC(=O)Nc1ccccc1. The van der Waals surface area contributed by atoms with Gasteiger partial charge in [0.05, 0.1) is 0 Å². The third-order valence-electron chi connectivity index (χ3n) is 1.69. The first-order valence-corrected chi connectivity index (χ1v) is 4.80. The van der Waals surface area contributed by atoms with Gasteiger partial charge in [-0.3, -0.25) is 5.32 Å². The zero-order chi connectivity index (χ0) is 11.8. The molecule has 0 spiro atoms. The number of benzene rings is 1. The number of amides is 1. The van der Waals surface area contributed by atoms with Gasteiger partial charge in [-0.1, -0.05) is 24.1 Å². The highest BCUT2D eigenvalue weighted by molar-refractivity contribution is 5.84. The fourth-order valence-corrected chi connectivity index (χ4v) is 1.02. The Bertz CT molecular complexity index is 370. The van der Waals surface area contributed by atoms with Gasteiger partial charge in [0, 0.05) is 5.69 Å². The Balaban J connectivity index is 2.34. The number of carbonyl (C=O) groups excluding carboxylic acids is 1.